The molecule has 2 heteroatoms. The van der Waals surface area contributed by atoms with Crippen molar-refractivity contribution < 1.29 is 0 Å². The molecular weight excluding hydrogens is 412 g/mol. The Morgan fingerprint density at radius 3 is 1.91 bits per heavy atom. The highest BCUT2D eigenvalue weighted by molar-refractivity contribution is 4.92. The highest BCUT2D eigenvalue weighted by atomic mass is 15.1. The van der Waals surface area contributed by atoms with E-state index in [1.807, 2.05) is 0 Å². The summed E-state index contributed by atoms with van der Waals surface area (Å²) < 4.78 is 0. The molecule has 5 rings (SSSR count). The summed E-state index contributed by atoms with van der Waals surface area (Å²) in [4.78, 5) is 5.79. The summed E-state index contributed by atoms with van der Waals surface area (Å²) in [5, 5.41) is 0. The molecule has 194 valence electrons. The van der Waals surface area contributed by atoms with Crippen LogP contribution in [0, 0.1) is 23.7 Å². The molecule has 0 aromatic carbocycles. The van der Waals surface area contributed by atoms with Gasteiger partial charge in [-0.3, -0.25) is 0 Å². The van der Waals surface area contributed by atoms with E-state index in [-0.39, 0.29) is 0 Å². The lowest BCUT2D eigenvalue weighted by Gasteiger charge is -2.47. The smallest absolute Gasteiger partial charge is 0.00127 e. The maximum Gasteiger partial charge on any atom is 0.00127 e. The molecule has 5 aliphatic rings. The van der Waals surface area contributed by atoms with Crippen molar-refractivity contribution in [2.24, 2.45) is 23.7 Å². The summed E-state index contributed by atoms with van der Waals surface area (Å²) in [6.07, 6.45) is 35.4. The predicted octanol–water partition coefficient (Wildman–Crippen LogP) is 8.24. The Labute approximate surface area is 212 Å². The van der Waals surface area contributed by atoms with Crippen LogP contribution in [0.2, 0.25) is 0 Å². The van der Waals surface area contributed by atoms with Crippen LogP contribution in [0.15, 0.2) is 24.3 Å². The fourth-order valence-corrected chi connectivity index (χ4v) is 7.68. The zero-order valence-electron chi connectivity index (χ0n) is 22.5. The Morgan fingerprint density at radius 1 is 0.441 bits per heavy atom. The van der Waals surface area contributed by atoms with Crippen molar-refractivity contribution in [2.45, 2.75) is 116 Å². The van der Waals surface area contributed by atoms with Crippen molar-refractivity contribution in [1.82, 2.24) is 9.80 Å². The van der Waals surface area contributed by atoms with E-state index in [1.165, 1.54) is 155 Å². The first-order valence-corrected chi connectivity index (χ1v) is 15.6. The minimum atomic E-state index is 0.926. The Kier molecular flexibility index (Phi) is 12.1. The van der Waals surface area contributed by atoms with Gasteiger partial charge in [-0.2, -0.15) is 0 Å². The van der Waals surface area contributed by atoms with E-state index in [9.17, 15) is 0 Å². The number of allylic oxidation sites excluding steroid dienone is 4. The molecule has 6 bridgehead atoms. The first-order valence-electron chi connectivity index (χ1n) is 15.6. The molecule has 0 aliphatic carbocycles. The molecule has 0 amide bonds. The van der Waals surface area contributed by atoms with E-state index >= 15 is 0 Å². The maximum atomic E-state index is 2.94. The van der Waals surface area contributed by atoms with Gasteiger partial charge in [-0.05, 0) is 127 Å². The van der Waals surface area contributed by atoms with Crippen molar-refractivity contribution in [3.05, 3.63) is 24.3 Å². The zero-order chi connectivity index (χ0) is 23.3. The first kappa shape index (κ1) is 26.5. The van der Waals surface area contributed by atoms with Crippen LogP contribution in [0.1, 0.15) is 116 Å². The lowest BCUT2D eigenvalue weighted by Crippen LogP contribution is -2.49. The molecule has 2 fully saturated rings. The Balaban J connectivity index is 1.47. The van der Waals surface area contributed by atoms with Gasteiger partial charge >= 0.3 is 0 Å². The third-order valence-corrected chi connectivity index (χ3v) is 9.59. The molecule has 5 aliphatic heterocycles. The van der Waals surface area contributed by atoms with Crippen LogP contribution in [0.3, 0.4) is 0 Å². The average molecular weight is 469 g/mol. The number of hydrogen-bond acceptors (Lipinski definition) is 2. The lowest BCUT2D eigenvalue weighted by molar-refractivity contribution is 0.0196. The van der Waals surface area contributed by atoms with Crippen molar-refractivity contribution in [2.75, 3.05) is 39.3 Å². The monoisotopic (exact) mass is 468 g/mol. The minimum absolute atomic E-state index is 0.926. The van der Waals surface area contributed by atoms with E-state index in [2.05, 4.69) is 34.1 Å². The maximum absolute atomic E-state index is 2.94. The lowest BCUT2D eigenvalue weighted by atomic mass is 9.69. The molecule has 0 spiro atoms. The summed E-state index contributed by atoms with van der Waals surface area (Å²) in [6.45, 7) is 8.28. The molecule has 0 aromatic rings. The fraction of sp³-hybridized carbons (Fsp3) is 0.875. The van der Waals surface area contributed by atoms with E-state index in [1.54, 1.807) is 0 Å². The van der Waals surface area contributed by atoms with Gasteiger partial charge < -0.3 is 9.80 Å². The molecular formula is C32H56N2. The molecule has 2 unspecified atom stereocenters. The van der Waals surface area contributed by atoms with Gasteiger partial charge in [0.25, 0.3) is 0 Å². The third kappa shape index (κ3) is 9.12. The second-order valence-corrected chi connectivity index (χ2v) is 12.3. The van der Waals surface area contributed by atoms with Gasteiger partial charge in [0.1, 0.15) is 0 Å². The molecule has 0 saturated carbocycles. The highest BCUT2D eigenvalue weighted by Gasteiger charge is 2.38. The van der Waals surface area contributed by atoms with Crippen LogP contribution in [-0.2, 0) is 0 Å². The quantitative estimate of drug-likeness (QED) is 0.330. The number of nitrogens with zero attached hydrogens (tertiary/aromatic N) is 2. The van der Waals surface area contributed by atoms with E-state index < -0.39 is 0 Å². The summed E-state index contributed by atoms with van der Waals surface area (Å²) in [7, 11) is 0. The number of piperidine rings is 2. The predicted molar refractivity (Wildman–Crippen MR) is 148 cm³/mol. The molecule has 2 saturated heterocycles. The molecule has 5 heterocycles. The summed E-state index contributed by atoms with van der Waals surface area (Å²) in [6, 6.07) is 0. The molecule has 0 aromatic heterocycles. The van der Waals surface area contributed by atoms with Crippen LogP contribution in [-0.4, -0.2) is 49.1 Å². The van der Waals surface area contributed by atoms with Gasteiger partial charge in [0.15, 0.2) is 0 Å². The third-order valence-electron chi connectivity index (χ3n) is 9.59. The summed E-state index contributed by atoms with van der Waals surface area (Å²) >= 11 is 0. The van der Waals surface area contributed by atoms with Gasteiger partial charge in [0.2, 0.25) is 0 Å². The Hall–Kier alpha value is -0.600. The molecule has 34 heavy (non-hydrogen) atoms. The largest absolute Gasteiger partial charge is 0.303 e. The van der Waals surface area contributed by atoms with Gasteiger partial charge in [0, 0.05) is 19.6 Å². The van der Waals surface area contributed by atoms with Gasteiger partial charge in [0.05, 0.1) is 0 Å². The Bertz CT molecular complexity index is 596. The van der Waals surface area contributed by atoms with Crippen LogP contribution in [0.5, 0.6) is 0 Å². The number of fused-ring (bicyclic) bond motifs is 10. The standard InChI is InChI=1S/C32H56N2/c1-2-5-10-14-18-23-34-26-29-19-15-11-7-4-6-9-13-17-22-33-24-21-32(31(25-29)28-34)30(27-33)20-16-12-8-3-1/h4,6,8,12,29-32H,1-3,5,7,9-11,13-28H2/b6-4-,12-8-/t29-,30-,31+,32-/m0/s1. The van der Waals surface area contributed by atoms with Crippen LogP contribution in [0.25, 0.3) is 0 Å². The number of hydrogen-bond donors (Lipinski definition) is 0. The van der Waals surface area contributed by atoms with Crippen molar-refractivity contribution in [3.8, 4) is 0 Å². The van der Waals surface area contributed by atoms with Crippen molar-refractivity contribution >= 4 is 0 Å². The zero-order valence-corrected chi connectivity index (χ0v) is 22.5. The molecule has 2 nitrogen and oxygen atoms in total. The van der Waals surface area contributed by atoms with Gasteiger partial charge in [-0.15, -0.1) is 0 Å². The minimum Gasteiger partial charge on any atom is -0.303 e. The van der Waals surface area contributed by atoms with Gasteiger partial charge in [-0.25, -0.2) is 0 Å². The number of rotatable bonds is 0. The second kappa shape index (κ2) is 15.5. The molecule has 0 N–H and O–H groups in total. The first-order chi connectivity index (χ1) is 16.9. The van der Waals surface area contributed by atoms with E-state index in [0.29, 0.717) is 0 Å². The van der Waals surface area contributed by atoms with E-state index in [4.69, 9.17) is 0 Å². The molecule has 6 atom stereocenters. The summed E-state index contributed by atoms with van der Waals surface area (Å²) in [5.74, 6) is 3.82. The van der Waals surface area contributed by atoms with Crippen LogP contribution < -0.4 is 0 Å². The van der Waals surface area contributed by atoms with Crippen LogP contribution in [0.4, 0.5) is 0 Å². The van der Waals surface area contributed by atoms with Gasteiger partial charge in [-0.1, -0.05) is 56.4 Å². The fourth-order valence-electron chi connectivity index (χ4n) is 7.68. The Morgan fingerprint density at radius 2 is 1.06 bits per heavy atom. The second-order valence-electron chi connectivity index (χ2n) is 12.3. The molecule has 0 radical (unpaired) electrons. The van der Waals surface area contributed by atoms with Crippen molar-refractivity contribution in [3.63, 3.8) is 0 Å². The normalized spacial score (nSPS) is 39.8. The van der Waals surface area contributed by atoms with Crippen LogP contribution >= 0.6 is 0 Å². The summed E-state index contributed by atoms with van der Waals surface area (Å²) in [5.41, 5.74) is 0. The average Bonchev–Trinajstić information content (AvgIpc) is 2.85. The van der Waals surface area contributed by atoms with Crippen molar-refractivity contribution in [1.29, 1.82) is 0 Å². The van der Waals surface area contributed by atoms with E-state index in [0.717, 1.165) is 23.7 Å². The SMILES string of the molecule is C1=C\CC[C@H]2CN3CCCC/C=C\CCCC[C@H]4C[C@H](CN(CCCCCCCC/1)C4)[C@H]2CC3. The topological polar surface area (TPSA) is 6.48 Å². The highest BCUT2D eigenvalue weighted by Crippen LogP contribution is 2.40.